The number of hydrogen-bond donors (Lipinski definition) is 2. The lowest BCUT2D eigenvalue weighted by Crippen LogP contribution is -2.35. The van der Waals surface area contributed by atoms with Gasteiger partial charge in [0.05, 0.1) is 0 Å². The molecule has 2 nitrogen and oxygen atoms in total. The number of rotatable bonds is 4. The molecule has 1 aromatic rings. The first-order chi connectivity index (χ1) is 8.61. The number of hydrogen-bond acceptors (Lipinski definition) is 3. The van der Waals surface area contributed by atoms with Gasteiger partial charge in [-0.15, -0.1) is 11.3 Å². The first-order valence-corrected chi connectivity index (χ1v) is 8.01. The lowest BCUT2D eigenvalue weighted by molar-refractivity contribution is 0.189. The summed E-state index contributed by atoms with van der Waals surface area (Å²) in [6.07, 6.45) is 5.35. The summed E-state index contributed by atoms with van der Waals surface area (Å²) in [6.45, 7) is 6.87. The molecule has 102 valence electrons. The van der Waals surface area contributed by atoms with E-state index in [9.17, 15) is 0 Å². The smallest absolute Gasteiger partial charge is 0.0496 e. The van der Waals surface area contributed by atoms with Crippen LogP contribution in [0.4, 0.5) is 0 Å². The first kappa shape index (κ1) is 14.0. The van der Waals surface area contributed by atoms with Gasteiger partial charge in [-0.3, -0.25) is 11.3 Å². The largest absolute Gasteiger partial charge is 0.271 e. The molecular formula is C15H26N2S. The summed E-state index contributed by atoms with van der Waals surface area (Å²) in [5.41, 5.74) is 4.43. The molecule has 18 heavy (non-hydrogen) atoms. The van der Waals surface area contributed by atoms with Gasteiger partial charge in [-0.25, -0.2) is 0 Å². The molecule has 1 fully saturated rings. The van der Waals surface area contributed by atoms with E-state index in [1.807, 2.05) is 11.3 Å². The molecule has 0 bridgehead atoms. The third kappa shape index (κ3) is 3.14. The average molecular weight is 266 g/mol. The van der Waals surface area contributed by atoms with Crippen LogP contribution in [0.1, 0.15) is 56.0 Å². The van der Waals surface area contributed by atoms with E-state index in [0.717, 1.165) is 11.8 Å². The van der Waals surface area contributed by atoms with Gasteiger partial charge in [0.1, 0.15) is 0 Å². The van der Waals surface area contributed by atoms with Crippen LogP contribution >= 0.6 is 11.3 Å². The van der Waals surface area contributed by atoms with E-state index in [2.05, 4.69) is 37.6 Å². The van der Waals surface area contributed by atoms with Crippen molar-refractivity contribution in [2.45, 2.75) is 52.5 Å². The van der Waals surface area contributed by atoms with Crippen molar-refractivity contribution >= 4 is 11.3 Å². The Kier molecular flexibility index (Phi) is 4.82. The second-order valence-electron chi connectivity index (χ2n) is 6.05. The second kappa shape index (κ2) is 6.18. The van der Waals surface area contributed by atoms with E-state index < -0.39 is 0 Å². The molecule has 1 heterocycles. The summed E-state index contributed by atoms with van der Waals surface area (Å²) in [5.74, 6) is 8.25. The molecule has 0 amide bonds. The molecule has 0 saturated heterocycles. The quantitative estimate of drug-likeness (QED) is 0.638. The van der Waals surface area contributed by atoms with E-state index in [1.54, 1.807) is 0 Å². The maximum Gasteiger partial charge on any atom is 0.0496 e. The van der Waals surface area contributed by atoms with Crippen molar-refractivity contribution in [2.24, 2.45) is 23.6 Å². The van der Waals surface area contributed by atoms with Crippen LogP contribution < -0.4 is 11.3 Å². The highest BCUT2D eigenvalue weighted by molar-refractivity contribution is 7.10. The molecule has 0 aromatic carbocycles. The minimum atomic E-state index is 0.350. The van der Waals surface area contributed by atoms with Gasteiger partial charge >= 0.3 is 0 Å². The van der Waals surface area contributed by atoms with Gasteiger partial charge in [0.15, 0.2) is 0 Å². The fraction of sp³-hybridized carbons (Fsp3) is 0.733. The maximum atomic E-state index is 5.79. The molecule has 0 aliphatic heterocycles. The normalized spacial score (nSPS) is 26.5. The molecule has 1 atom stereocenters. The summed E-state index contributed by atoms with van der Waals surface area (Å²) in [6, 6.07) is 2.63. The van der Waals surface area contributed by atoms with Crippen LogP contribution in [0, 0.1) is 24.7 Å². The molecule has 1 aliphatic carbocycles. The molecule has 0 radical (unpaired) electrons. The molecule has 3 N–H and O–H groups in total. The van der Waals surface area contributed by atoms with Gasteiger partial charge < -0.3 is 0 Å². The van der Waals surface area contributed by atoms with Crippen LogP contribution in [0.25, 0.3) is 0 Å². The van der Waals surface area contributed by atoms with Crippen molar-refractivity contribution in [3.8, 4) is 0 Å². The van der Waals surface area contributed by atoms with Gasteiger partial charge in [0, 0.05) is 10.9 Å². The number of aryl methyl sites for hydroxylation is 1. The van der Waals surface area contributed by atoms with Gasteiger partial charge in [0.2, 0.25) is 0 Å². The molecule has 1 aliphatic rings. The van der Waals surface area contributed by atoms with Crippen LogP contribution in [0.3, 0.4) is 0 Å². The molecule has 1 unspecified atom stereocenters. The van der Waals surface area contributed by atoms with Crippen molar-refractivity contribution in [1.29, 1.82) is 0 Å². The second-order valence-corrected chi connectivity index (χ2v) is 7.17. The highest BCUT2D eigenvalue weighted by atomic mass is 32.1. The third-order valence-electron chi connectivity index (χ3n) is 4.52. The zero-order valence-electron chi connectivity index (χ0n) is 11.8. The Morgan fingerprint density at radius 3 is 2.28 bits per heavy atom. The monoisotopic (exact) mass is 266 g/mol. The lowest BCUT2D eigenvalue weighted by Gasteiger charge is -2.35. The fourth-order valence-corrected chi connectivity index (χ4v) is 4.02. The van der Waals surface area contributed by atoms with Gasteiger partial charge in [0.25, 0.3) is 0 Å². The topological polar surface area (TPSA) is 38.0 Å². The minimum absolute atomic E-state index is 0.350. The summed E-state index contributed by atoms with van der Waals surface area (Å²) < 4.78 is 0. The van der Waals surface area contributed by atoms with Crippen molar-refractivity contribution < 1.29 is 0 Å². The zero-order chi connectivity index (χ0) is 13.1. The van der Waals surface area contributed by atoms with Crippen molar-refractivity contribution in [3.63, 3.8) is 0 Å². The van der Waals surface area contributed by atoms with Crippen molar-refractivity contribution in [2.75, 3.05) is 0 Å². The number of nitrogens with two attached hydrogens (primary N) is 1. The maximum absolute atomic E-state index is 5.79. The molecule has 2 rings (SSSR count). The number of nitrogens with one attached hydrogen (secondary N) is 1. The molecule has 1 saturated carbocycles. The van der Waals surface area contributed by atoms with E-state index in [-0.39, 0.29) is 0 Å². The average Bonchev–Trinajstić information content (AvgIpc) is 2.77. The van der Waals surface area contributed by atoms with E-state index in [0.29, 0.717) is 12.0 Å². The fourth-order valence-electron chi connectivity index (χ4n) is 3.28. The Morgan fingerprint density at radius 1 is 1.22 bits per heavy atom. The summed E-state index contributed by atoms with van der Waals surface area (Å²) >= 11 is 1.82. The van der Waals surface area contributed by atoms with Crippen LogP contribution in [0.2, 0.25) is 0 Å². The van der Waals surface area contributed by atoms with Crippen molar-refractivity contribution in [3.05, 3.63) is 21.9 Å². The summed E-state index contributed by atoms with van der Waals surface area (Å²) in [5, 5.41) is 2.26. The van der Waals surface area contributed by atoms with E-state index in [1.165, 1.54) is 36.1 Å². The van der Waals surface area contributed by atoms with Crippen molar-refractivity contribution in [1.82, 2.24) is 5.43 Å². The molecule has 3 heteroatoms. The highest BCUT2D eigenvalue weighted by Gasteiger charge is 2.29. The Bertz CT molecular complexity index is 364. The van der Waals surface area contributed by atoms with Gasteiger partial charge in [-0.05, 0) is 67.4 Å². The molecular weight excluding hydrogens is 240 g/mol. The first-order valence-electron chi connectivity index (χ1n) is 7.13. The number of thiophene rings is 1. The SMILES string of the molecule is Cc1cc(C(NN)C2CCC(C(C)C)CC2)cs1. The van der Waals surface area contributed by atoms with Crippen LogP contribution in [-0.4, -0.2) is 0 Å². The summed E-state index contributed by atoms with van der Waals surface area (Å²) in [7, 11) is 0. The standard InChI is InChI=1S/C15H26N2S/c1-10(2)12-4-6-13(7-5-12)15(17-16)14-8-11(3)18-9-14/h8-10,12-13,15,17H,4-7,16H2,1-3H3. The van der Waals surface area contributed by atoms with Crippen LogP contribution in [-0.2, 0) is 0 Å². The summed E-state index contributed by atoms with van der Waals surface area (Å²) in [4.78, 5) is 1.38. The predicted molar refractivity (Wildman–Crippen MR) is 79.4 cm³/mol. The third-order valence-corrected chi connectivity index (χ3v) is 5.40. The Labute approximate surface area is 115 Å². The van der Waals surface area contributed by atoms with E-state index >= 15 is 0 Å². The molecule has 0 spiro atoms. The van der Waals surface area contributed by atoms with E-state index in [4.69, 9.17) is 5.84 Å². The predicted octanol–water partition coefficient (Wildman–Crippen LogP) is 4.02. The van der Waals surface area contributed by atoms with Crippen LogP contribution in [0.5, 0.6) is 0 Å². The molecule has 1 aromatic heterocycles. The Balaban J connectivity index is 1.98. The zero-order valence-corrected chi connectivity index (χ0v) is 12.6. The Hall–Kier alpha value is -0.380. The van der Waals surface area contributed by atoms with Gasteiger partial charge in [-0.2, -0.15) is 0 Å². The van der Waals surface area contributed by atoms with Crippen LogP contribution in [0.15, 0.2) is 11.4 Å². The highest BCUT2D eigenvalue weighted by Crippen LogP contribution is 2.39. The Morgan fingerprint density at radius 2 is 1.83 bits per heavy atom. The minimum Gasteiger partial charge on any atom is -0.271 e. The van der Waals surface area contributed by atoms with Gasteiger partial charge in [-0.1, -0.05) is 13.8 Å². The number of hydrazine groups is 1. The lowest BCUT2D eigenvalue weighted by atomic mass is 9.74.